The average molecular weight is 327 g/mol. The smallest absolute Gasteiger partial charge is 0.276 e. The summed E-state index contributed by atoms with van der Waals surface area (Å²) in [7, 11) is 4.11. The van der Waals surface area contributed by atoms with Gasteiger partial charge >= 0.3 is 0 Å². The molecule has 6 nitrogen and oxygen atoms in total. The van der Waals surface area contributed by atoms with Gasteiger partial charge in [0, 0.05) is 25.7 Å². The molecule has 0 aliphatic carbocycles. The van der Waals surface area contributed by atoms with E-state index in [0.717, 1.165) is 38.9 Å². The summed E-state index contributed by atoms with van der Waals surface area (Å²) in [4.78, 5) is 16.6. The Labute approximate surface area is 143 Å². The molecule has 1 aliphatic rings. The molecular weight excluding hydrogens is 302 g/mol. The average Bonchev–Trinajstić information content (AvgIpc) is 3.25. The lowest BCUT2D eigenvalue weighted by molar-refractivity contribution is 0.0777. The molecular formula is C18H25N5O. The van der Waals surface area contributed by atoms with Crippen molar-refractivity contribution in [1.29, 1.82) is 0 Å². The van der Waals surface area contributed by atoms with Crippen molar-refractivity contribution in [3.63, 3.8) is 0 Å². The molecule has 1 aliphatic heterocycles. The lowest BCUT2D eigenvalue weighted by atomic mass is 10.1. The van der Waals surface area contributed by atoms with Crippen molar-refractivity contribution in [2.24, 2.45) is 0 Å². The lowest BCUT2D eigenvalue weighted by Crippen LogP contribution is -2.34. The monoisotopic (exact) mass is 327 g/mol. The van der Waals surface area contributed by atoms with E-state index in [-0.39, 0.29) is 5.91 Å². The molecule has 1 aromatic carbocycles. The second-order valence-electron chi connectivity index (χ2n) is 6.61. The molecule has 0 saturated carbocycles. The van der Waals surface area contributed by atoms with Gasteiger partial charge in [-0.2, -0.15) is 0 Å². The van der Waals surface area contributed by atoms with E-state index in [0.29, 0.717) is 11.7 Å². The molecule has 0 spiro atoms. The van der Waals surface area contributed by atoms with E-state index in [9.17, 15) is 4.79 Å². The minimum absolute atomic E-state index is 0.00587. The van der Waals surface area contributed by atoms with Gasteiger partial charge in [-0.05, 0) is 38.9 Å². The maximum absolute atomic E-state index is 12.5. The fraction of sp³-hybridized carbons (Fsp3) is 0.500. The molecule has 3 rings (SSSR count). The van der Waals surface area contributed by atoms with E-state index in [1.54, 1.807) is 10.9 Å². The minimum Gasteiger partial charge on any atom is -0.336 e. The Balaban J connectivity index is 1.51. The van der Waals surface area contributed by atoms with Crippen LogP contribution in [0.5, 0.6) is 0 Å². The number of nitrogens with zero attached hydrogens (tertiary/aromatic N) is 5. The van der Waals surface area contributed by atoms with Crippen LogP contribution in [0.2, 0.25) is 0 Å². The Hall–Kier alpha value is -2.21. The Morgan fingerprint density at radius 2 is 2.08 bits per heavy atom. The number of rotatable bonds is 6. The third-order valence-electron chi connectivity index (χ3n) is 4.63. The van der Waals surface area contributed by atoms with Gasteiger partial charge < -0.3 is 9.80 Å². The first kappa shape index (κ1) is 16.6. The highest BCUT2D eigenvalue weighted by molar-refractivity contribution is 5.92. The van der Waals surface area contributed by atoms with E-state index in [1.807, 2.05) is 11.0 Å². The molecule has 2 aromatic rings. The van der Waals surface area contributed by atoms with E-state index in [4.69, 9.17) is 0 Å². The quantitative estimate of drug-likeness (QED) is 0.810. The fourth-order valence-corrected chi connectivity index (χ4v) is 3.11. The van der Waals surface area contributed by atoms with Crippen LogP contribution in [0.15, 0.2) is 36.5 Å². The summed E-state index contributed by atoms with van der Waals surface area (Å²) in [5.41, 5.74) is 1.77. The van der Waals surface area contributed by atoms with Gasteiger partial charge in [0.15, 0.2) is 5.69 Å². The highest BCUT2D eigenvalue weighted by atomic mass is 16.2. The fourth-order valence-electron chi connectivity index (χ4n) is 3.11. The standard InChI is InChI=1S/C18H25N5O/c1-21(2)16-10-12-22(13-16)18(24)17-14-23(20-19-17)11-6-9-15-7-4-3-5-8-15/h3-5,7-8,14,16H,6,9-13H2,1-2H3. The van der Waals surface area contributed by atoms with Gasteiger partial charge in [-0.25, -0.2) is 0 Å². The van der Waals surface area contributed by atoms with E-state index >= 15 is 0 Å². The zero-order valence-corrected chi connectivity index (χ0v) is 14.4. The SMILES string of the molecule is CN(C)C1CCN(C(=O)c2cn(CCCc3ccccc3)nn2)C1. The maximum atomic E-state index is 12.5. The van der Waals surface area contributed by atoms with Crippen LogP contribution in [0.4, 0.5) is 0 Å². The number of hydrogen-bond donors (Lipinski definition) is 0. The highest BCUT2D eigenvalue weighted by Crippen LogP contribution is 2.15. The van der Waals surface area contributed by atoms with Crippen LogP contribution >= 0.6 is 0 Å². The number of aromatic nitrogens is 3. The number of likely N-dealkylation sites (N-methyl/N-ethyl adjacent to an activating group) is 1. The van der Waals surface area contributed by atoms with Crippen LogP contribution in [-0.4, -0.2) is 63.9 Å². The predicted molar refractivity (Wildman–Crippen MR) is 92.8 cm³/mol. The summed E-state index contributed by atoms with van der Waals surface area (Å²) in [6.45, 7) is 2.34. The summed E-state index contributed by atoms with van der Waals surface area (Å²) in [6.07, 6.45) is 4.77. The van der Waals surface area contributed by atoms with Crippen molar-refractivity contribution < 1.29 is 4.79 Å². The summed E-state index contributed by atoms with van der Waals surface area (Å²) < 4.78 is 1.77. The van der Waals surface area contributed by atoms with Gasteiger partial charge in [0.2, 0.25) is 0 Å². The van der Waals surface area contributed by atoms with E-state index in [2.05, 4.69) is 53.6 Å². The number of carbonyl (C=O) groups is 1. The zero-order valence-electron chi connectivity index (χ0n) is 14.4. The number of carbonyl (C=O) groups excluding carboxylic acids is 1. The summed E-state index contributed by atoms with van der Waals surface area (Å²) in [5, 5.41) is 8.17. The summed E-state index contributed by atoms with van der Waals surface area (Å²) >= 11 is 0. The van der Waals surface area contributed by atoms with Crippen molar-refractivity contribution in [1.82, 2.24) is 24.8 Å². The van der Waals surface area contributed by atoms with Crippen molar-refractivity contribution in [3.8, 4) is 0 Å². The van der Waals surface area contributed by atoms with Gasteiger partial charge in [0.1, 0.15) is 0 Å². The van der Waals surface area contributed by atoms with Gasteiger partial charge in [-0.1, -0.05) is 35.5 Å². The number of aryl methyl sites for hydroxylation is 2. The van der Waals surface area contributed by atoms with E-state index in [1.165, 1.54) is 5.56 Å². The number of amides is 1. The van der Waals surface area contributed by atoms with Gasteiger partial charge in [-0.15, -0.1) is 5.10 Å². The van der Waals surface area contributed by atoms with Crippen LogP contribution in [0, 0.1) is 0 Å². The molecule has 0 radical (unpaired) electrons. The number of likely N-dealkylation sites (tertiary alicyclic amines) is 1. The van der Waals surface area contributed by atoms with Crippen LogP contribution in [0.3, 0.4) is 0 Å². The Morgan fingerprint density at radius 3 is 2.79 bits per heavy atom. The van der Waals surface area contributed by atoms with Crippen molar-refractivity contribution in [2.45, 2.75) is 31.8 Å². The molecule has 128 valence electrons. The van der Waals surface area contributed by atoms with Crippen LogP contribution in [0.25, 0.3) is 0 Å². The van der Waals surface area contributed by atoms with Crippen LogP contribution in [0.1, 0.15) is 28.9 Å². The molecule has 2 heterocycles. The largest absolute Gasteiger partial charge is 0.336 e. The Bertz CT molecular complexity index is 667. The predicted octanol–water partition coefficient (Wildman–Crippen LogP) is 1.69. The molecule has 0 bridgehead atoms. The summed E-state index contributed by atoms with van der Waals surface area (Å²) in [6, 6.07) is 10.8. The topological polar surface area (TPSA) is 54.3 Å². The van der Waals surface area contributed by atoms with Gasteiger partial charge in [-0.3, -0.25) is 9.48 Å². The molecule has 0 N–H and O–H groups in total. The first-order valence-corrected chi connectivity index (χ1v) is 8.53. The first-order chi connectivity index (χ1) is 11.6. The molecule has 6 heteroatoms. The number of hydrogen-bond acceptors (Lipinski definition) is 4. The van der Waals surface area contributed by atoms with Crippen molar-refractivity contribution in [2.75, 3.05) is 27.2 Å². The number of benzene rings is 1. The van der Waals surface area contributed by atoms with Gasteiger partial charge in [0.25, 0.3) is 5.91 Å². The minimum atomic E-state index is -0.00587. The lowest BCUT2D eigenvalue weighted by Gasteiger charge is -2.19. The zero-order chi connectivity index (χ0) is 16.9. The highest BCUT2D eigenvalue weighted by Gasteiger charge is 2.29. The van der Waals surface area contributed by atoms with Crippen molar-refractivity contribution in [3.05, 3.63) is 47.8 Å². The molecule has 1 aromatic heterocycles. The summed E-state index contributed by atoms with van der Waals surface area (Å²) in [5.74, 6) is -0.00587. The molecule has 1 saturated heterocycles. The second-order valence-corrected chi connectivity index (χ2v) is 6.61. The van der Waals surface area contributed by atoms with Gasteiger partial charge in [0.05, 0.1) is 6.20 Å². The maximum Gasteiger partial charge on any atom is 0.276 e. The molecule has 1 amide bonds. The second kappa shape index (κ2) is 7.57. The molecule has 24 heavy (non-hydrogen) atoms. The Morgan fingerprint density at radius 1 is 1.29 bits per heavy atom. The molecule has 1 fully saturated rings. The molecule has 1 atom stereocenters. The van der Waals surface area contributed by atoms with Crippen LogP contribution < -0.4 is 0 Å². The first-order valence-electron chi connectivity index (χ1n) is 8.53. The third-order valence-corrected chi connectivity index (χ3v) is 4.63. The van der Waals surface area contributed by atoms with E-state index < -0.39 is 0 Å². The van der Waals surface area contributed by atoms with Crippen molar-refractivity contribution >= 4 is 5.91 Å². The van der Waals surface area contributed by atoms with Crippen LogP contribution in [-0.2, 0) is 13.0 Å². The Kier molecular flexibility index (Phi) is 5.25. The third kappa shape index (κ3) is 4.00. The molecule has 1 unspecified atom stereocenters. The normalized spacial score (nSPS) is 17.6.